The van der Waals surface area contributed by atoms with Crippen molar-refractivity contribution in [1.29, 1.82) is 0 Å². The van der Waals surface area contributed by atoms with Gasteiger partial charge in [-0.3, -0.25) is 4.90 Å². The van der Waals surface area contributed by atoms with Crippen LogP contribution in [0, 0.1) is 0 Å². The zero-order valence-electron chi connectivity index (χ0n) is 5.93. The molecule has 0 aromatic heterocycles. The van der Waals surface area contributed by atoms with Crippen LogP contribution in [0.25, 0.3) is 0 Å². The Balaban J connectivity index is 2.03. The van der Waals surface area contributed by atoms with E-state index in [1.165, 1.54) is 19.4 Å². The van der Waals surface area contributed by atoms with Gasteiger partial charge in [-0.25, -0.2) is 5.32 Å². The number of nitrogens with zero attached hydrogens (tertiary/aromatic N) is 2. The van der Waals surface area contributed by atoms with Gasteiger partial charge in [-0.05, 0) is 19.9 Å². The number of hydrogen-bond donors (Lipinski definition) is 0. The first-order valence-corrected chi connectivity index (χ1v) is 3.68. The minimum Gasteiger partial charge on any atom is -0.298 e. The molecule has 2 aliphatic rings. The normalized spacial score (nSPS) is 33.0. The SMILES string of the molecule is CN1CC[N]CC12CC2. The molecule has 1 saturated carbocycles. The van der Waals surface area contributed by atoms with Crippen LogP contribution in [0.4, 0.5) is 0 Å². The molecular formula is C7H13N2. The molecule has 1 heterocycles. The highest BCUT2D eigenvalue weighted by Gasteiger charge is 2.47. The largest absolute Gasteiger partial charge is 0.298 e. The van der Waals surface area contributed by atoms with Gasteiger partial charge in [0.15, 0.2) is 0 Å². The second-order valence-corrected chi connectivity index (χ2v) is 3.25. The summed E-state index contributed by atoms with van der Waals surface area (Å²) in [5.41, 5.74) is 0.554. The average Bonchev–Trinajstić information content (AvgIpc) is 2.60. The van der Waals surface area contributed by atoms with E-state index in [0.717, 1.165) is 13.1 Å². The second kappa shape index (κ2) is 1.70. The van der Waals surface area contributed by atoms with Crippen LogP contribution in [-0.4, -0.2) is 37.1 Å². The fraction of sp³-hybridized carbons (Fsp3) is 1.00. The maximum Gasteiger partial charge on any atom is 0.0349 e. The highest BCUT2D eigenvalue weighted by atomic mass is 15.3. The van der Waals surface area contributed by atoms with Crippen molar-refractivity contribution in [2.24, 2.45) is 0 Å². The van der Waals surface area contributed by atoms with Crippen molar-refractivity contribution in [3.8, 4) is 0 Å². The molecule has 0 atom stereocenters. The summed E-state index contributed by atoms with van der Waals surface area (Å²) in [4.78, 5) is 2.47. The third-order valence-corrected chi connectivity index (χ3v) is 2.64. The lowest BCUT2D eigenvalue weighted by Crippen LogP contribution is -2.48. The van der Waals surface area contributed by atoms with Gasteiger partial charge in [-0.1, -0.05) is 0 Å². The summed E-state index contributed by atoms with van der Waals surface area (Å²) >= 11 is 0. The Kier molecular flexibility index (Phi) is 1.08. The lowest BCUT2D eigenvalue weighted by Gasteiger charge is -2.32. The number of piperazine rings is 1. The van der Waals surface area contributed by atoms with Gasteiger partial charge in [0.25, 0.3) is 0 Å². The number of rotatable bonds is 0. The molecule has 1 spiro atoms. The van der Waals surface area contributed by atoms with Crippen LogP contribution in [-0.2, 0) is 0 Å². The third kappa shape index (κ3) is 0.775. The topological polar surface area (TPSA) is 17.3 Å². The Morgan fingerprint density at radius 1 is 1.44 bits per heavy atom. The van der Waals surface area contributed by atoms with E-state index >= 15 is 0 Å². The predicted molar refractivity (Wildman–Crippen MR) is 36.5 cm³/mol. The fourth-order valence-corrected chi connectivity index (χ4v) is 1.55. The number of likely N-dealkylation sites (N-methyl/N-ethyl adjacent to an activating group) is 1. The minimum absolute atomic E-state index is 0.554. The van der Waals surface area contributed by atoms with Crippen LogP contribution in [0.15, 0.2) is 0 Å². The van der Waals surface area contributed by atoms with Crippen LogP contribution >= 0.6 is 0 Å². The zero-order chi connectivity index (χ0) is 6.32. The first kappa shape index (κ1) is 5.69. The zero-order valence-corrected chi connectivity index (χ0v) is 5.93. The van der Waals surface area contributed by atoms with Gasteiger partial charge < -0.3 is 0 Å². The van der Waals surface area contributed by atoms with Gasteiger partial charge in [0.2, 0.25) is 0 Å². The Morgan fingerprint density at radius 3 is 2.67 bits per heavy atom. The van der Waals surface area contributed by atoms with Crippen LogP contribution in [0.1, 0.15) is 12.8 Å². The molecule has 0 N–H and O–H groups in total. The molecule has 9 heavy (non-hydrogen) atoms. The molecule has 2 fully saturated rings. The van der Waals surface area contributed by atoms with Crippen molar-refractivity contribution >= 4 is 0 Å². The van der Waals surface area contributed by atoms with Crippen LogP contribution in [0.2, 0.25) is 0 Å². The van der Waals surface area contributed by atoms with E-state index in [2.05, 4.69) is 17.3 Å². The molecule has 0 aromatic rings. The van der Waals surface area contributed by atoms with Crippen LogP contribution < -0.4 is 5.32 Å². The van der Waals surface area contributed by atoms with E-state index in [0.29, 0.717) is 5.54 Å². The molecular weight excluding hydrogens is 112 g/mol. The van der Waals surface area contributed by atoms with Gasteiger partial charge >= 0.3 is 0 Å². The van der Waals surface area contributed by atoms with E-state index in [-0.39, 0.29) is 0 Å². The van der Waals surface area contributed by atoms with Crippen LogP contribution in [0.5, 0.6) is 0 Å². The third-order valence-electron chi connectivity index (χ3n) is 2.64. The van der Waals surface area contributed by atoms with E-state index in [9.17, 15) is 0 Å². The second-order valence-electron chi connectivity index (χ2n) is 3.25. The standard InChI is InChI=1S/C7H13N2/c1-9-5-4-8-6-7(9)2-3-7/h2-6H2,1H3. The highest BCUT2D eigenvalue weighted by Crippen LogP contribution is 2.41. The maximum absolute atomic E-state index is 4.40. The smallest absolute Gasteiger partial charge is 0.0349 e. The Hall–Kier alpha value is -0.0800. The van der Waals surface area contributed by atoms with Gasteiger partial charge in [-0.2, -0.15) is 0 Å². The van der Waals surface area contributed by atoms with E-state index in [1.807, 2.05) is 0 Å². The van der Waals surface area contributed by atoms with E-state index < -0.39 is 0 Å². The van der Waals surface area contributed by atoms with Gasteiger partial charge in [0, 0.05) is 25.2 Å². The van der Waals surface area contributed by atoms with Crippen molar-refractivity contribution in [3.63, 3.8) is 0 Å². The van der Waals surface area contributed by atoms with Gasteiger partial charge in [-0.15, -0.1) is 0 Å². The van der Waals surface area contributed by atoms with Crippen LogP contribution in [0.3, 0.4) is 0 Å². The summed E-state index contributed by atoms with van der Waals surface area (Å²) in [6, 6.07) is 0. The monoisotopic (exact) mass is 125 g/mol. The lowest BCUT2D eigenvalue weighted by molar-refractivity contribution is 0.178. The Bertz CT molecular complexity index is 118. The fourth-order valence-electron chi connectivity index (χ4n) is 1.55. The molecule has 1 aliphatic carbocycles. The minimum atomic E-state index is 0.554. The predicted octanol–water partition coefficient (Wildman–Crippen LogP) is 0.0688. The first-order chi connectivity index (χ1) is 4.33. The Morgan fingerprint density at radius 2 is 2.22 bits per heavy atom. The molecule has 0 bridgehead atoms. The van der Waals surface area contributed by atoms with Crippen molar-refractivity contribution in [2.45, 2.75) is 18.4 Å². The Labute approximate surface area is 56.2 Å². The summed E-state index contributed by atoms with van der Waals surface area (Å²) < 4.78 is 0. The first-order valence-electron chi connectivity index (χ1n) is 3.68. The summed E-state index contributed by atoms with van der Waals surface area (Å²) in [6.45, 7) is 3.34. The molecule has 1 aliphatic heterocycles. The molecule has 2 rings (SSSR count). The molecule has 51 valence electrons. The molecule has 1 saturated heterocycles. The molecule has 1 radical (unpaired) electrons. The average molecular weight is 125 g/mol. The lowest BCUT2D eigenvalue weighted by atomic mass is 10.2. The van der Waals surface area contributed by atoms with E-state index in [1.54, 1.807) is 0 Å². The molecule has 2 nitrogen and oxygen atoms in total. The van der Waals surface area contributed by atoms with Crippen molar-refractivity contribution < 1.29 is 0 Å². The van der Waals surface area contributed by atoms with E-state index in [4.69, 9.17) is 0 Å². The molecule has 0 aromatic carbocycles. The quantitative estimate of drug-likeness (QED) is 0.448. The van der Waals surface area contributed by atoms with Crippen molar-refractivity contribution in [3.05, 3.63) is 0 Å². The maximum atomic E-state index is 4.40. The summed E-state index contributed by atoms with van der Waals surface area (Å²) in [5.74, 6) is 0. The summed E-state index contributed by atoms with van der Waals surface area (Å²) in [7, 11) is 2.22. The highest BCUT2D eigenvalue weighted by molar-refractivity contribution is 5.06. The van der Waals surface area contributed by atoms with Gasteiger partial charge in [0.05, 0.1) is 0 Å². The summed E-state index contributed by atoms with van der Waals surface area (Å²) in [5, 5.41) is 4.40. The van der Waals surface area contributed by atoms with Crippen molar-refractivity contribution in [1.82, 2.24) is 10.2 Å². The molecule has 2 heteroatoms. The number of hydrogen-bond acceptors (Lipinski definition) is 1. The molecule has 0 unspecified atom stereocenters. The van der Waals surface area contributed by atoms with Crippen molar-refractivity contribution in [2.75, 3.05) is 26.7 Å². The van der Waals surface area contributed by atoms with Gasteiger partial charge in [0.1, 0.15) is 0 Å². The summed E-state index contributed by atoms with van der Waals surface area (Å²) in [6.07, 6.45) is 2.76. The molecule has 0 amide bonds.